The largest absolute Gasteiger partial charge is 0.312 e. The normalized spacial score (nSPS) is 15.1. The fourth-order valence-corrected chi connectivity index (χ4v) is 2.39. The van der Waals surface area contributed by atoms with Gasteiger partial charge in [-0.2, -0.15) is 0 Å². The third-order valence-electron chi connectivity index (χ3n) is 3.63. The van der Waals surface area contributed by atoms with E-state index in [2.05, 4.69) is 75.4 Å². The Kier molecular flexibility index (Phi) is 6.37. The molecule has 2 heteroatoms. The summed E-state index contributed by atoms with van der Waals surface area (Å²) in [5, 5.41) is 3.71. The zero-order valence-corrected chi connectivity index (χ0v) is 12.5. The molecule has 18 heavy (non-hydrogen) atoms. The van der Waals surface area contributed by atoms with Crippen LogP contribution in [0.15, 0.2) is 30.3 Å². The third kappa shape index (κ3) is 4.43. The molecule has 0 aliphatic heterocycles. The van der Waals surface area contributed by atoms with Crippen molar-refractivity contribution in [2.75, 3.05) is 20.6 Å². The van der Waals surface area contributed by atoms with E-state index in [1.807, 2.05) is 0 Å². The Bertz CT molecular complexity index is 319. The second kappa shape index (κ2) is 7.55. The van der Waals surface area contributed by atoms with Gasteiger partial charge >= 0.3 is 0 Å². The van der Waals surface area contributed by atoms with Crippen molar-refractivity contribution in [1.82, 2.24) is 10.2 Å². The molecule has 0 bridgehead atoms. The molecular formula is C16H28N2. The maximum Gasteiger partial charge on any atom is 0.0466 e. The Balaban J connectivity index is 2.65. The summed E-state index contributed by atoms with van der Waals surface area (Å²) in [6, 6.07) is 11.8. The van der Waals surface area contributed by atoms with Gasteiger partial charge in [-0.15, -0.1) is 0 Å². The van der Waals surface area contributed by atoms with Crippen LogP contribution in [-0.2, 0) is 0 Å². The molecule has 0 fully saturated rings. The molecule has 0 aromatic heterocycles. The van der Waals surface area contributed by atoms with E-state index in [9.17, 15) is 0 Å². The summed E-state index contributed by atoms with van der Waals surface area (Å²) in [6.07, 6.45) is 1.19. The van der Waals surface area contributed by atoms with E-state index in [1.54, 1.807) is 0 Å². The molecule has 0 amide bonds. The van der Waals surface area contributed by atoms with E-state index >= 15 is 0 Å². The van der Waals surface area contributed by atoms with Gasteiger partial charge in [-0.3, -0.25) is 0 Å². The van der Waals surface area contributed by atoms with Crippen LogP contribution in [0.25, 0.3) is 0 Å². The molecule has 0 heterocycles. The Morgan fingerprint density at radius 3 is 2.17 bits per heavy atom. The molecule has 1 aromatic rings. The molecule has 1 N–H and O–H groups in total. The van der Waals surface area contributed by atoms with Crippen LogP contribution in [0.2, 0.25) is 0 Å². The summed E-state index contributed by atoms with van der Waals surface area (Å²) >= 11 is 0. The molecule has 1 aromatic carbocycles. The van der Waals surface area contributed by atoms with Crippen molar-refractivity contribution in [3.63, 3.8) is 0 Å². The van der Waals surface area contributed by atoms with E-state index in [4.69, 9.17) is 0 Å². The van der Waals surface area contributed by atoms with Gasteiger partial charge in [0.1, 0.15) is 0 Å². The van der Waals surface area contributed by atoms with E-state index in [-0.39, 0.29) is 0 Å². The van der Waals surface area contributed by atoms with Gasteiger partial charge in [0.15, 0.2) is 0 Å². The summed E-state index contributed by atoms with van der Waals surface area (Å²) in [5.74, 6) is 0.689. The first-order valence-electron chi connectivity index (χ1n) is 7.01. The lowest BCUT2D eigenvalue weighted by molar-refractivity contribution is 0.265. The van der Waals surface area contributed by atoms with Crippen molar-refractivity contribution in [2.45, 2.75) is 39.3 Å². The van der Waals surface area contributed by atoms with Crippen molar-refractivity contribution >= 4 is 0 Å². The summed E-state index contributed by atoms with van der Waals surface area (Å²) in [7, 11) is 4.30. The number of nitrogens with zero attached hydrogens (tertiary/aromatic N) is 1. The van der Waals surface area contributed by atoms with Gasteiger partial charge in [-0.1, -0.05) is 51.1 Å². The minimum Gasteiger partial charge on any atom is -0.312 e. The van der Waals surface area contributed by atoms with Gasteiger partial charge in [-0.05, 0) is 32.0 Å². The smallest absolute Gasteiger partial charge is 0.0466 e. The zero-order chi connectivity index (χ0) is 13.5. The van der Waals surface area contributed by atoms with Gasteiger partial charge in [-0.25, -0.2) is 0 Å². The Labute approximate surface area is 112 Å². The average Bonchev–Trinajstić information content (AvgIpc) is 2.35. The number of likely N-dealkylation sites (N-methyl/N-ethyl adjacent to an activating group) is 1. The second-order valence-corrected chi connectivity index (χ2v) is 5.56. The van der Waals surface area contributed by atoms with E-state index in [0.717, 1.165) is 6.54 Å². The standard InChI is InChI=1S/C16H28N2/c1-6-15(13(2)3)17-12-16(18(4)5)14-10-8-7-9-11-14/h7-11,13,15-17H,6,12H2,1-5H3. The van der Waals surface area contributed by atoms with Crippen LogP contribution >= 0.6 is 0 Å². The van der Waals surface area contributed by atoms with Crippen molar-refractivity contribution in [2.24, 2.45) is 5.92 Å². The lowest BCUT2D eigenvalue weighted by atomic mass is 10.00. The van der Waals surface area contributed by atoms with Crippen LogP contribution in [-0.4, -0.2) is 31.6 Å². The minimum absolute atomic E-state index is 0.444. The highest BCUT2D eigenvalue weighted by Gasteiger charge is 2.17. The molecule has 0 saturated carbocycles. The monoisotopic (exact) mass is 248 g/mol. The molecule has 0 radical (unpaired) electrons. The van der Waals surface area contributed by atoms with Gasteiger partial charge < -0.3 is 10.2 Å². The lowest BCUT2D eigenvalue weighted by Crippen LogP contribution is -2.39. The van der Waals surface area contributed by atoms with Crippen LogP contribution < -0.4 is 5.32 Å². The molecule has 0 saturated heterocycles. The molecule has 0 aliphatic rings. The Morgan fingerprint density at radius 2 is 1.72 bits per heavy atom. The molecule has 1 rings (SSSR count). The molecule has 0 spiro atoms. The number of nitrogens with one attached hydrogen (secondary N) is 1. The molecule has 2 nitrogen and oxygen atoms in total. The first-order chi connectivity index (χ1) is 8.56. The molecule has 0 aliphatic carbocycles. The predicted molar refractivity (Wildman–Crippen MR) is 79.8 cm³/mol. The van der Waals surface area contributed by atoms with Crippen molar-refractivity contribution < 1.29 is 0 Å². The maximum atomic E-state index is 3.71. The summed E-state index contributed by atoms with van der Waals surface area (Å²) in [4.78, 5) is 2.29. The molecule has 102 valence electrons. The Morgan fingerprint density at radius 1 is 1.11 bits per heavy atom. The van der Waals surface area contributed by atoms with Crippen LogP contribution in [0.4, 0.5) is 0 Å². The number of benzene rings is 1. The quantitative estimate of drug-likeness (QED) is 0.796. The Hall–Kier alpha value is -0.860. The number of hydrogen-bond donors (Lipinski definition) is 1. The topological polar surface area (TPSA) is 15.3 Å². The summed E-state index contributed by atoms with van der Waals surface area (Å²) in [6.45, 7) is 7.83. The highest BCUT2D eigenvalue weighted by molar-refractivity contribution is 5.19. The first-order valence-corrected chi connectivity index (χ1v) is 7.01. The van der Waals surface area contributed by atoms with E-state index in [1.165, 1.54) is 12.0 Å². The third-order valence-corrected chi connectivity index (χ3v) is 3.63. The van der Waals surface area contributed by atoms with E-state index in [0.29, 0.717) is 18.0 Å². The molecular weight excluding hydrogens is 220 g/mol. The van der Waals surface area contributed by atoms with Crippen LogP contribution in [0.3, 0.4) is 0 Å². The maximum absolute atomic E-state index is 3.71. The van der Waals surface area contributed by atoms with Gasteiger partial charge in [0.05, 0.1) is 0 Å². The van der Waals surface area contributed by atoms with Crippen LogP contribution in [0.5, 0.6) is 0 Å². The van der Waals surface area contributed by atoms with Crippen LogP contribution in [0, 0.1) is 5.92 Å². The minimum atomic E-state index is 0.444. The van der Waals surface area contributed by atoms with Gasteiger partial charge in [0.2, 0.25) is 0 Å². The number of hydrogen-bond acceptors (Lipinski definition) is 2. The lowest BCUT2D eigenvalue weighted by Gasteiger charge is -2.29. The fourth-order valence-electron chi connectivity index (χ4n) is 2.39. The SMILES string of the molecule is CCC(NCC(c1ccccc1)N(C)C)C(C)C. The number of rotatable bonds is 7. The highest BCUT2D eigenvalue weighted by Crippen LogP contribution is 2.17. The average molecular weight is 248 g/mol. The van der Waals surface area contributed by atoms with Crippen LogP contribution in [0.1, 0.15) is 38.8 Å². The first kappa shape index (κ1) is 15.2. The fraction of sp³-hybridized carbons (Fsp3) is 0.625. The summed E-state index contributed by atoms with van der Waals surface area (Å²) < 4.78 is 0. The highest BCUT2D eigenvalue weighted by atomic mass is 15.1. The molecule has 2 unspecified atom stereocenters. The zero-order valence-electron chi connectivity index (χ0n) is 12.5. The van der Waals surface area contributed by atoms with Crippen molar-refractivity contribution in [3.8, 4) is 0 Å². The second-order valence-electron chi connectivity index (χ2n) is 5.56. The predicted octanol–water partition coefficient (Wildman–Crippen LogP) is 3.31. The van der Waals surface area contributed by atoms with Gasteiger partial charge in [0.25, 0.3) is 0 Å². The van der Waals surface area contributed by atoms with Gasteiger partial charge in [0, 0.05) is 18.6 Å². The summed E-state index contributed by atoms with van der Waals surface area (Å²) in [5.41, 5.74) is 1.38. The van der Waals surface area contributed by atoms with E-state index < -0.39 is 0 Å². The molecule has 2 atom stereocenters. The van der Waals surface area contributed by atoms with Crippen molar-refractivity contribution in [3.05, 3.63) is 35.9 Å². The van der Waals surface area contributed by atoms with Crippen molar-refractivity contribution in [1.29, 1.82) is 0 Å².